The number of carbonyl (C=O) groups excluding carboxylic acids is 3. The SMILES string of the molecule is Cc1cc(NC(=O)[C@@H](C)Sc2ccc(NC(=O)/C(=C/c3ccccc3C(F)(F)F)NC(=O)c3ccccc3)cc2)no1. The first-order valence-electron chi connectivity index (χ1n) is 12.6. The lowest BCUT2D eigenvalue weighted by molar-refractivity contribution is -0.137. The number of hydrogen-bond acceptors (Lipinski definition) is 6. The van der Waals surface area contributed by atoms with E-state index in [1.54, 1.807) is 62.4 Å². The molecule has 0 saturated carbocycles. The Kier molecular flexibility index (Phi) is 9.48. The zero-order valence-corrected chi connectivity index (χ0v) is 23.2. The molecule has 216 valence electrons. The average Bonchev–Trinajstić information content (AvgIpc) is 3.37. The minimum atomic E-state index is -4.67. The van der Waals surface area contributed by atoms with Crippen LogP contribution in [-0.2, 0) is 15.8 Å². The van der Waals surface area contributed by atoms with Crippen LogP contribution in [0.15, 0.2) is 100 Å². The van der Waals surface area contributed by atoms with Crippen LogP contribution in [0.4, 0.5) is 24.7 Å². The number of anilines is 2. The zero-order chi connectivity index (χ0) is 30.3. The van der Waals surface area contributed by atoms with Crippen LogP contribution >= 0.6 is 11.8 Å². The van der Waals surface area contributed by atoms with Gasteiger partial charge in [-0.1, -0.05) is 41.6 Å². The fraction of sp³-hybridized carbons (Fsp3) is 0.133. The number of benzene rings is 3. The molecule has 0 aliphatic heterocycles. The van der Waals surface area contributed by atoms with Crippen molar-refractivity contribution >= 4 is 47.1 Å². The van der Waals surface area contributed by atoms with Gasteiger partial charge in [0.15, 0.2) is 5.82 Å². The molecule has 1 atom stereocenters. The second kappa shape index (κ2) is 13.2. The van der Waals surface area contributed by atoms with Crippen molar-refractivity contribution < 1.29 is 32.1 Å². The highest BCUT2D eigenvalue weighted by Crippen LogP contribution is 2.33. The van der Waals surface area contributed by atoms with Gasteiger partial charge in [0.1, 0.15) is 11.5 Å². The Morgan fingerprint density at radius 1 is 0.929 bits per heavy atom. The molecule has 1 heterocycles. The van der Waals surface area contributed by atoms with Crippen molar-refractivity contribution in [2.45, 2.75) is 30.2 Å². The number of nitrogens with one attached hydrogen (secondary N) is 3. The predicted octanol–water partition coefficient (Wildman–Crippen LogP) is 6.53. The van der Waals surface area contributed by atoms with Crippen LogP contribution in [0.2, 0.25) is 0 Å². The van der Waals surface area contributed by atoms with Gasteiger partial charge in [-0.25, -0.2) is 0 Å². The summed E-state index contributed by atoms with van der Waals surface area (Å²) in [5.74, 6) is -0.906. The first-order chi connectivity index (χ1) is 20.0. The van der Waals surface area contributed by atoms with Crippen LogP contribution in [0, 0.1) is 6.92 Å². The third-order valence-corrected chi connectivity index (χ3v) is 6.88. The third-order valence-electron chi connectivity index (χ3n) is 5.77. The van der Waals surface area contributed by atoms with Crippen molar-refractivity contribution in [2.75, 3.05) is 10.6 Å². The van der Waals surface area contributed by atoms with E-state index in [-0.39, 0.29) is 22.7 Å². The van der Waals surface area contributed by atoms with Gasteiger partial charge >= 0.3 is 6.18 Å². The number of nitrogens with zero attached hydrogens (tertiary/aromatic N) is 1. The van der Waals surface area contributed by atoms with Crippen molar-refractivity contribution in [1.29, 1.82) is 0 Å². The fourth-order valence-corrected chi connectivity index (χ4v) is 4.57. The lowest BCUT2D eigenvalue weighted by atomic mass is 10.1. The summed E-state index contributed by atoms with van der Waals surface area (Å²) in [7, 11) is 0. The number of aryl methyl sites for hydroxylation is 1. The Labute approximate surface area is 243 Å². The number of thioether (sulfide) groups is 1. The summed E-state index contributed by atoms with van der Waals surface area (Å²) in [6.07, 6.45) is -3.69. The first kappa shape index (κ1) is 30.1. The molecule has 0 spiro atoms. The van der Waals surface area contributed by atoms with Crippen LogP contribution in [0.25, 0.3) is 6.08 Å². The maximum absolute atomic E-state index is 13.6. The molecule has 0 aliphatic rings. The lowest BCUT2D eigenvalue weighted by Gasteiger charge is -2.14. The van der Waals surface area contributed by atoms with Gasteiger partial charge in [-0.05, 0) is 68.0 Å². The van der Waals surface area contributed by atoms with Crippen molar-refractivity contribution in [3.8, 4) is 0 Å². The first-order valence-corrected chi connectivity index (χ1v) is 13.4. The second-order valence-electron chi connectivity index (χ2n) is 9.01. The number of amides is 3. The topological polar surface area (TPSA) is 113 Å². The van der Waals surface area contributed by atoms with Gasteiger partial charge in [0, 0.05) is 22.2 Å². The standard InChI is InChI=1S/C30H25F3N4O4S/c1-18-16-26(37-41-18)36-27(38)19(2)42-23-14-12-22(13-15-23)34-29(40)25(35-28(39)20-8-4-3-5-9-20)17-21-10-6-7-11-24(21)30(31,32)33/h3-17,19H,1-2H3,(H,34,40)(H,35,39)(H,36,37,38)/b25-17-/t19-/m1/s1. The molecule has 3 N–H and O–H groups in total. The summed E-state index contributed by atoms with van der Waals surface area (Å²) in [6, 6.07) is 20.8. The molecule has 0 radical (unpaired) electrons. The Hall–Kier alpha value is -4.84. The smallest absolute Gasteiger partial charge is 0.360 e. The van der Waals surface area contributed by atoms with Gasteiger partial charge < -0.3 is 20.5 Å². The van der Waals surface area contributed by atoms with Gasteiger partial charge in [0.25, 0.3) is 11.8 Å². The minimum Gasteiger partial charge on any atom is -0.360 e. The van der Waals surface area contributed by atoms with E-state index in [9.17, 15) is 27.6 Å². The zero-order valence-electron chi connectivity index (χ0n) is 22.4. The molecule has 8 nitrogen and oxygen atoms in total. The number of aromatic nitrogens is 1. The summed E-state index contributed by atoms with van der Waals surface area (Å²) in [4.78, 5) is 39.2. The fourth-order valence-electron chi connectivity index (χ4n) is 3.71. The largest absolute Gasteiger partial charge is 0.416 e. The van der Waals surface area contributed by atoms with Crippen LogP contribution < -0.4 is 16.0 Å². The van der Waals surface area contributed by atoms with Gasteiger partial charge in [-0.3, -0.25) is 14.4 Å². The number of rotatable bonds is 9. The predicted molar refractivity (Wildman–Crippen MR) is 154 cm³/mol. The van der Waals surface area contributed by atoms with Gasteiger partial charge in [-0.15, -0.1) is 11.8 Å². The minimum absolute atomic E-state index is 0.221. The highest BCUT2D eigenvalue weighted by molar-refractivity contribution is 8.00. The van der Waals surface area contributed by atoms with Crippen molar-refractivity contribution in [3.63, 3.8) is 0 Å². The number of alkyl halides is 3. The average molecular weight is 595 g/mol. The molecular formula is C30H25F3N4O4S. The van der Waals surface area contributed by atoms with Crippen LogP contribution in [-0.4, -0.2) is 28.1 Å². The summed E-state index contributed by atoms with van der Waals surface area (Å²) in [5, 5.41) is 10.9. The molecule has 0 bridgehead atoms. The normalized spacial score (nSPS) is 12.4. The third kappa shape index (κ3) is 8.10. The molecule has 0 aliphatic carbocycles. The molecule has 12 heteroatoms. The number of hydrogen-bond donors (Lipinski definition) is 3. The van der Waals surface area contributed by atoms with E-state index in [0.717, 1.165) is 17.0 Å². The van der Waals surface area contributed by atoms with Crippen molar-refractivity contribution in [3.05, 3.63) is 113 Å². The molecule has 4 rings (SSSR count). The lowest BCUT2D eigenvalue weighted by Crippen LogP contribution is -2.30. The van der Waals surface area contributed by atoms with E-state index in [1.807, 2.05) is 0 Å². The Balaban J connectivity index is 1.50. The van der Waals surface area contributed by atoms with Crippen LogP contribution in [0.3, 0.4) is 0 Å². The summed E-state index contributed by atoms with van der Waals surface area (Å²) >= 11 is 1.27. The molecular weight excluding hydrogens is 569 g/mol. The van der Waals surface area contributed by atoms with E-state index in [0.29, 0.717) is 17.3 Å². The van der Waals surface area contributed by atoms with Crippen molar-refractivity contribution in [2.24, 2.45) is 0 Å². The quantitative estimate of drug-likeness (QED) is 0.150. The number of halogens is 3. The van der Waals surface area contributed by atoms with E-state index in [2.05, 4.69) is 21.1 Å². The second-order valence-corrected chi connectivity index (χ2v) is 10.4. The highest BCUT2D eigenvalue weighted by atomic mass is 32.2. The van der Waals surface area contributed by atoms with E-state index >= 15 is 0 Å². The van der Waals surface area contributed by atoms with Crippen LogP contribution in [0.5, 0.6) is 0 Å². The molecule has 42 heavy (non-hydrogen) atoms. The molecule has 3 aromatic carbocycles. The highest BCUT2D eigenvalue weighted by Gasteiger charge is 2.33. The maximum atomic E-state index is 13.6. The van der Waals surface area contributed by atoms with Gasteiger partial charge in [0.05, 0.1) is 10.8 Å². The Morgan fingerprint density at radius 3 is 2.24 bits per heavy atom. The molecule has 4 aromatic rings. The molecule has 3 amide bonds. The number of carbonyl (C=O) groups is 3. The van der Waals surface area contributed by atoms with E-state index in [4.69, 9.17) is 4.52 Å². The monoisotopic (exact) mass is 594 g/mol. The summed E-state index contributed by atoms with van der Waals surface area (Å²) in [6.45, 7) is 3.42. The summed E-state index contributed by atoms with van der Waals surface area (Å²) < 4.78 is 45.8. The molecule has 0 saturated heterocycles. The van der Waals surface area contributed by atoms with E-state index < -0.39 is 28.8 Å². The van der Waals surface area contributed by atoms with Gasteiger partial charge in [-0.2, -0.15) is 13.2 Å². The molecule has 0 unspecified atom stereocenters. The summed E-state index contributed by atoms with van der Waals surface area (Å²) in [5.41, 5.74) is -1.08. The molecule has 0 fully saturated rings. The maximum Gasteiger partial charge on any atom is 0.416 e. The van der Waals surface area contributed by atoms with Crippen molar-refractivity contribution in [1.82, 2.24) is 10.5 Å². The van der Waals surface area contributed by atoms with Crippen LogP contribution in [0.1, 0.15) is 34.2 Å². The Morgan fingerprint density at radius 2 is 1.60 bits per heavy atom. The molecule has 1 aromatic heterocycles. The van der Waals surface area contributed by atoms with Gasteiger partial charge in [0.2, 0.25) is 5.91 Å². The Bertz CT molecular complexity index is 1600. The van der Waals surface area contributed by atoms with E-state index in [1.165, 1.54) is 42.1 Å².